The van der Waals surface area contributed by atoms with E-state index in [9.17, 15) is 0 Å². The highest BCUT2D eigenvalue weighted by molar-refractivity contribution is 7.22. The molecule has 1 fully saturated rings. The number of aromatic nitrogens is 1. The molecule has 26 heavy (non-hydrogen) atoms. The van der Waals surface area contributed by atoms with Gasteiger partial charge in [0, 0.05) is 32.7 Å². The van der Waals surface area contributed by atoms with Gasteiger partial charge in [0.1, 0.15) is 0 Å². The third-order valence-corrected chi connectivity index (χ3v) is 6.24. The Hall–Kier alpha value is -2.43. The summed E-state index contributed by atoms with van der Waals surface area (Å²) in [5.74, 6) is 0. The van der Waals surface area contributed by atoms with Crippen LogP contribution in [0.15, 0.2) is 66.7 Å². The van der Waals surface area contributed by atoms with Gasteiger partial charge >= 0.3 is 0 Å². The summed E-state index contributed by atoms with van der Waals surface area (Å²) < 4.78 is 1.28. The second-order valence-electron chi connectivity index (χ2n) is 6.91. The van der Waals surface area contributed by atoms with Crippen LogP contribution >= 0.6 is 11.3 Å². The molecule has 3 nitrogen and oxygen atoms in total. The predicted octanol–water partition coefficient (Wildman–Crippen LogP) is 4.77. The van der Waals surface area contributed by atoms with Crippen LogP contribution < -0.4 is 4.90 Å². The average Bonchev–Trinajstić information content (AvgIpc) is 3.13. The zero-order valence-electron chi connectivity index (χ0n) is 14.6. The van der Waals surface area contributed by atoms with Gasteiger partial charge in [0.15, 0.2) is 5.13 Å². The number of rotatable bonds is 3. The van der Waals surface area contributed by atoms with Crippen molar-refractivity contribution in [3.8, 4) is 0 Å². The third kappa shape index (κ3) is 3.06. The van der Waals surface area contributed by atoms with E-state index in [4.69, 9.17) is 4.98 Å². The van der Waals surface area contributed by atoms with Crippen molar-refractivity contribution in [1.82, 2.24) is 9.88 Å². The lowest BCUT2D eigenvalue weighted by Crippen LogP contribution is -2.45. The molecule has 0 bridgehead atoms. The largest absolute Gasteiger partial charge is 0.345 e. The zero-order chi connectivity index (χ0) is 17.3. The topological polar surface area (TPSA) is 19.4 Å². The van der Waals surface area contributed by atoms with Crippen LogP contribution in [0.1, 0.15) is 5.56 Å². The number of benzene rings is 3. The molecular weight excluding hydrogens is 338 g/mol. The highest BCUT2D eigenvalue weighted by Gasteiger charge is 2.19. The summed E-state index contributed by atoms with van der Waals surface area (Å²) in [6.45, 7) is 5.30. The number of para-hydroxylation sites is 1. The van der Waals surface area contributed by atoms with Crippen molar-refractivity contribution in [3.63, 3.8) is 0 Å². The Morgan fingerprint density at radius 2 is 1.58 bits per heavy atom. The monoisotopic (exact) mass is 359 g/mol. The third-order valence-electron chi connectivity index (χ3n) is 5.15. The molecule has 0 spiro atoms. The van der Waals surface area contributed by atoms with Crippen molar-refractivity contribution in [3.05, 3.63) is 72.3 Å². The van der Waals surface area contributed by atoms with E-state index in [0.717, 1.165) is 43.4 Å². The van der Waals surface area contributed by atoms with E-state index in [1.807, 2.05) is 0 Å². The van der Waals surface area contributed by atoms with E-state index in [1.54, 1.807) is 11.3 Å². The van der Waals surface area contributed by atoms with Crippen LogP contribution in [0.2, 0.25) is 0 Å². The Balaban J connectivity index is 1.26. The predicted molar refractivity (Wildman–Crippen MR) is 111 cm³/mol. The lowest BCUT2D eigenvalue weighted by molar-refractivity contribution is 0.250. The van der Waals surface area contributed by atoms with E-state index in [2.05, 4.69) is 76.5 Å². The van der Waals surface area contributed by atoms with Crippen molar-refractivity contribution >= 4 is 37.5 Å². The van der Waals surface area contributed by atoms with Gasteiger partial charge in [0.25, 0.3) is 0 Å². The van der Waals surface area contributed by atoms with Gasteiger partial charge in [-0.1, -0.05) is 59.9 Å². The molecule has 1 aliphatic rings. The number of hydrogen-bond donors (Lipinski definition) is 0. The Morgan fingerprint density at radius 1 is 0.808 bits per heavy atom. The van der Waals surface area contributed by atoms with Crippen LogP contribution in [0.4, 0.5) is 5.13 Å². The maximum Gasteiger partial charge on any atom is 0.186 e. The maximum atomic E-state index is 4.81. The standard InChI is InChI=1S/C22H21N3S/c1-2-6-19-15-17(9-10-18(19)5-1)16-24-11-13-25(14-12-24)22-23-20-7-3-4-8-21(20)26-22/h1-10,15H,11-14,16H2. The average molecular weight is 359 g/mol. The summed E-state index contributed by atoms with van der Waals surface area (Å²) in [5.41, 5.74) is 2.52. The summed E-state index contributed by atoms with van der Waals surface area (Å²) >= 11 is 1.81. The van der Waals surface area contributed by atoms with Gasteiger partial charge in [-0.3, -0.25) is 4.90 Å². The fraction of sp³-hybridized carbons (Fsp3) is 0.227. The van der Waals surface area contributed by atoms with E-state index < -0.39 is 0 Å². The van der Waals surface area contributed by atoms with E-state index in [-0.39, 0.29) is 0 Å². The van der Waals surface area contributed by atoms with Crippen molar-refractivity contribution in [2.24, 2.45) is 0 Å². The SMILES string of the molecule is c1ccc2cc(CN3CCN(c4nc5ccccc5s4)CC3)ccc2c1. The Kier molecular flexibility index (Phi) is 4.07. The van der Waals surface area contributed by atoms with E-state index in [0.29, 0.717) is 0 Å². The Morgan fingerprint density at radius 3 is 2.42 bits per heavy atom. The summed E-state index contributed by atoms with van der Waals surface area (Å²) in [6.07, 6.45) is 0. The van der Waals surface area contributed by atoms with E-state index in [1.165, 1.54) is 21.0 Å². The van der Waals surface area contributed by atoms with Crippen molar-refractivity contribution in [2.75, 3.05) is 31.1 Å². The minimum Gasteiger partial charge on any atom is -0.345 e. The van der Waals surface area contributed by atoms with E-state index >= 15 is 0 Å². The molecule has 3 aromatic carbocycles. The second kappa shape index (κ2) is 6.71. The van der Waals surface area contributed by atoms with Gasteiger partial charge in [-0.25, -0.2) is 4.98 Å². The molecule has 4 heteroatoms. The molecule has 1 aromatic heterocycles. The lowest BCUT2D eigenvalue weighted by Gasteiger charge is -2.34. The number of thiazole rings is 1. The van der Waals surface area contributed by atoms with Crippen LogP contribution in [0, 0.1) is 0 Å². The normalized spacial score (nSPS) is 15.8. The van der Waals surface area contributed by atoms with Crippen molar-refractivity contribution in [1.29, 1.82) is 0 Å². The van der Waals surface area contributed by atoms with Gasteiger partial charge in [0.05, 0.1) is 10.2 Å². The van der Waals surface area contributed by atoms with Crippen LogP contribution in [0.25, 0.3) is 21.0 Å². The quantitative estimate of drug-likeness (QED) is 0.525. The van der Waals surface area contributed by atoms with Gasteiger partial charge in [-0.2, -0.15) is 0 Å². The molecular formula is C22H21N3S. The lowest BCUT2D eigenvalue weighted by atomic mass is 10.1. The Labute approximate surface area is 157 Å². The number of anilines is 1. The highest BCUT2D eigenvalue weighted by atomic mass is 32.1. The van der Waals surface area contributed by atoms with Crippen LogP contribution in [0.5, 0.6) is 0 Å². The number of hydrogen-bond acceptors (Lipinski definition) is 4. The summed E-state index contributed by atoms with van der Waals surface area (Å²) in [6, 6.07) is 23.8. The molecule has 130 valence electrons. The minimum atomic E-state index is 1.03. The summed E-state index contributed by atoms with van der Waals surface area (Å²) in [4.78, 5) is 9.79. The van der Waals surface area contributed by atoms with Crippen LogP contribution in [0.3, 0.4) is 0 Å². The molecule has 0 saturated carbocycles. The molecule has 0 N–H and O–H groups in total. The van der Waals surface area contributed by atoms with Crippen molar-refractivity contribution in [2.45, 2.75) is 6.54 Å². The molecule has 0 aliphatic carbocycles. The van der Waals surface area contributed by atoms with Gasteiger partial charge in [-0.15, -0.1) is 0 Å². The molecule has 2 heterocycles. The van der Waals surface area contributed by atoms with Gasteiger partial charge < -0.3 is 4.90 Å². The molecule has 4 aromatic rings. The number of nitrogens with zero attached hydrogens (tertiary/aromatic N) is 3. The molecule has 0 radical (unpaired) electrons. The second-order valence-corrected chi connectivity index (χ2v) is 7.92. The smallest absolute Gasteiger partial charge is 0.186 e. The summed E-state index contributed by atoms with van der Waals surface area (Å²) in [7, 11) is 0. The molecule has 0 atom stereocenters. The fourth-order valence-electron chi connectivity index (χ4n) is 3.69. The van der Waals surface area contributed by atoms with Crippen molar-refractivity contribution < 1.29 is 0 Å². The fourth-order valence-corrected chi connectivity index (χ4v) is 4.71. The molecule has 0 amide bonds. The number of fused-ring (bicyclic) bond motifs is 2. The van der Waals surface area contributed by atoms with Gasteiger partial charge in [0.2, 0.25) is 0 Å². The molecule has 1 aliphatic heterocycles. The first-order valence-electron chi connectivity index (χ1n) is 9.16. The maximum absolute atomic E-state index is 4.81. The van der Waals surface area contributed by atoms with Crippen LogP contribution in [-0.2, 0) is 6.54 Å². The summed E-state index contributed by atoms with van der Waals surface area (Å²) in [5, 5.41) is 3.81. The van der Waals surface area contributed by atoms with Crippen LogP contribution in [-0.4, -0.2) is 36.1 Å². The molecule has 1 saturated heterocycles. The first-order chi connectivity index (χ1) is 12.8. The minimum absolute atomic E-state index is 1.03. The Bertz CT molecular complexity index is 1010. The number of piperazine rings is 1. The molecule has 0 unspecified atom stereocenters. The van der Waals surface area contributed by atoms with Gasteiger partial charge in [-0.05, 0) is 34.5 Å². The molecule has 5 rings (SSSR count). The first kappa shape index (κ1) is 15.8. The first-order valence-corrected chi connectivity index (χ1v) is 9.97. The highest BCUT2D eigenvalue weighted by Crippen LogP contribution is 2.29. The zero-order valence-corrected chi connectivity index (χ0v) is 15.5.